The first-order valence-electron chi connectivity index (χ1n) is 14.5. The summed E-state index contributed by atoms with van der Waals surface area (Å²) in [5, 5.41) is 2.83. The van der Waals surface area contributed by atoms with Gasteiger partial charge in [0.25, 0.3) is 5.91 Å². The van der Waals surface area contributed by atoms with Crippen LogP contribution in [0, 0.1) is 11.6 Å². The Morgan fingerprint density at radius 1 is 0.958 bits per heavy atom. The molecule has 0 aliphatic carbocycles. The van der Waals surface area contributed by atoms with E-state index in [2.05, 4.69) is 10.3 Å². The fourth-order valence-corrected chi connectivity index (χ4v) is 6.42. The van der Waals surface area contributed by atoms with Crippen molar-refractivity contribution in [2.45, 2.75) is 12.8 Å². The van der Waals surface area contributed by atoms with Crippen LogP contribution in [0.1, 0.15) is 16.8 Å². The van der Waals surface area contributed by atoms with Gasteiger partial charge in [-0.2, -0.15) is 0 Å². The minimum Gasteiger partial charge on any atom is -0.496 e. The maximum Gasteiger partial charge on any atom is 0.255 e. The van der Waals surface area contributed by atoms with E-state index in [0.717, 1.165) is 10.6 Å². The number of hydrogen-bond acceptors (Lipinski definition) is 7. The molecule has 0 saturated carbocycles. The van der Waals surface area contributed by atoms with Crippen LogP contribution in [0.3, 0.4) is 0 Å². The van der Waals surface area contributed by atoms with Crippen molar-refractivity contribution in [3.63, 3.8) is 0 Å². The minimum absolute atomic E-state index is 0.00190. The average Bonchev–Trinajstić information content (AvgIpc) is 3.66. The highest BCUT2D eigenvalue weighted by molar-refractivity contribution is 7.92. The fraction of sp³-hybridized carbons (Fsp3) is 0.176. The highest BCUT2D eigenvalue weighted by Gasteiger charge is 2.28. The first-order chi connectivity index (χ1) is 22.9. The largest absolute Gasteiger partial charge is 0.496 e. The van der Waals surface area contributed by atoms with Gasteiger partial charge in [0, 0.05) is 42.6 Å². The van der Waals surface area contributed by atoms with Gasteiger partial charge in [-0.25, -0.2) is 31.0 Å². The number of amides is 1. The van der Waals surface area contributed by atoms with Crippen LogP contribution >= 0.6 is 0 Å². The molecular formula is C34H27F4N3O6S. The number of furan rings is 1. The van der Waals surface area contributed by atoms with Gasteiger partial charge in [0.2, 0.25) is 22.3 Å². The lowest BCUT2D eigenvalue weighted by molar-refractivity contribution is 0.0964. The summed E-state index contributed by atoms with van der Waals surface area (Å²) in [4.78, 5) is 17.6. The number of nitrogens with one attached hydrogen (secondary N) is 1. The van der Waals surface area contributed by atoms with Crippen LogP contribution in [0.4, 0.5) is 23.2 Å². The Hall–Kier alpha value is -5.37. The van der Waals surface area contributed by atoms with E-state index in [1.54, 1.807) is 24.3 Å². The summed E-state index contributed by atoms with van der Waals surface area (Å²) >= 11 is 0. The number of sulfonamides is 1. The number of fused-ring (bicyclic) bond motifs is 2. The third kappa shape index (κ3) is 6.06. The molecule has 14 heteroatoms. The number of halogens is 4. The van der Waals surface area contributed by atoms with Crippen LogP contribution < -0.4 is 14.4 Å². The number of hydrogen-bond donors (Lipinski definition) is 1. The summed E-state index contributed by atoms with van der Waals surface area (Å²) in [5.74, 6) is -1.29. The van der Waals surface area contributed by atoms with Gasteiger partial charge in [-0.3, -0.25) is 9.10 Å². The number of oxazole rings is 1. The highest BCUT2D eigenvalue weighted by atomic mass is 32.2. The third-order valence-electron chi connectivity index (χ3n) is 7.70. The first kappa shape index (κ1) is 32.6. The Kier molecular flexibility index (Phi) is 8.60. The van der Waals surface area contributed by atoms with E-state index >= 15 is 0 Å². The molecule has 0 unspecified atom stereocenters. The quantitative estimate of drug-likeness (QED) is 0.148. The molecule has 0 aliphatic rings. The molecule has 0 saturated heterocycles. The van der Waals surface area contributed by atoms with Gasteiger partial charge in [-0.05, 0) is 60.2 Å². The molecule has 1 amide bonds. The van der Waals surface area contributed by atoms with E-state index in [9.17, 15) is 30.8 Å². The van der Waals surface area contributed by atoms with Gasteiger partial charge in [-0.15, -0.1) is 0 Å². The van der Waals surface area contributed by atoms with E-state index in [1.165, 1.54) is 62.7 Å². The number of nitrogens with zero attached hydrogens (tertiary/aromatic N) is 2. The summed E-state index contributed by atoms with van der Waals surface area (Å²) in [5.41, 5.74) is 1.49. The van der Waals surface area contributed by atoms with Crippen molar-refractivity contribution < 1.29 is 44.3 Å². The number of rotatable bonds is 10. The number of ether oxygens (including phenoxy) is 1. The van der Waals surface area contributed by atoms with Crippen molar-refractivity contribution in [3.05, 3.63) is 90.0 Å². The molecule has 0 radical (unpaired) electrons. The van der Waals surface area contributed by atoms with Crippen LogP contribution in [0.15, 0.2) is 81.6 Å². The number of para-hydroxylation sites is 1. The second kappa shape index (κ2) is 12.7. The van der Waals surface area contributed by atoms with Crippen molar-refractivity contribution in [1.29, 1.82) is 0 Å². The van der Waals surface area contributed by atoms with E-state index < -0.39 is 47.0 Å². The minimum atomic E-state index is -4.15. The van der Waals surface area contributed by atoms with E-state index in [0.29, 0.717) is 16.9 Å². The zero-order chi connectivity index (χ0) is 34.3. The standard InChI is InChI=1S/C34H27F4N3O6S/c1-39-33(42)30-22-16-21(19-9-12-26(45-2)23(15-19)34-40-31-24(36)5-4-6-27(31)47-34)25(41(48(3,43)44)14-13-29(37)38)17-28(22)46-32(30)18-7-10-20(35)11-8-18/h4-12,15-17,29H,13-14H2,1-3H3,(H,39,42). The van der Waals surface area contributed by atoms with Crippen LogP contribution in [0.5, 0.6) is 5.75 Å². The Morgan fingerprint density at radius 3 is 2.33 bits per heavy atom. The SMILES string of the molecule is CNC(=O)c1c(-c2ccc(F)cc2)oc2cc(N(CCC(F)F)S(C)(=O)=O)c(-c3ccc(OC)c(-c4nc5c(F)cccc5o4)c3)cc12. The molecule has 48 heavy (non-hydrogen) atoms. The van der Waals surface area contributed by atoms with Crippen LogP contribution in [0.25, 0.3) is 56.0 Å². The molecule has 0 aliphatic heterocycles. The molecule has 4 aromatic carbocycles. The highest BCUT2D eigenvalue weighted by Crippen LogP contribution is 2.44. The summed E-state index contributed by atoms with van der Waals surface area (Å²) in [6, 6.07) is 17.1. The molecule has 0 fully saturated rings. The van der Waals surface area contributed by atoms with Gasteiger partial charge >= 0.3 is 0 Å². The number of alkyl halides is 2. The van der Waals surface area contributed by atoms with Gasteiger partial charge in [0.15, 0.2) is 11.4 Å². The fourth-order valence-electron chi connectivity index (χ4n) is 5.48. The van der Waals surface area contributed by atoms with Crippen molar-refractivity contribution in [1.82, 2.24) is 10.3 Å². The molecule has 0 spiro atoms. The number of anilines is 1. The predicted molar refractivity (Wildman–Crippen MR) is 173 cm³/mol. The van der Waals surface area contributed by atoms with Crippen LogP contribution in [0.2, 0.25) is 0 Å². The van der Waals surface area contributed by atoms with Gasteiger partial charge in [0.1, 0.15) is 28.4 Å². The van der Waals surface area contributed by atoms with E-state index in [1.807, 2.05) is 0 Å². The van der Waals surface area contributed by atoms with Crippen LogP contribution in [-0.4, -0.2) is 52.7 Å². The second-order valence-electron chi connectivity index (χ2n) is 10.8. The molecular weight excluding hydrogens is 654 g/mol. The zero-order valence-electron chi connectivity index (χ0n) is 25.7. The third-order valence-corrected chi connectivity index (χ3v) is 8.88. The van der Waals surface area contributed by atoms with Crippen molar-refractivity contribution in [3.8, 4) is 39.7 Å². The maximum atomic E-state index is 14.5. The Morgan fingerprint density at radius 2 is 1.69 bits per heavy atom. The average molecular weight is 682 g/mol. The summed E-state index contributed by atoms with van der Waals surface area (Å²) < 4.78 is 99.8. The lowest BCUT2D eigenvalue weighted by Gasteiger charge is -2.25. The van der Waals surface area contributed by atoms with Gasteiger partial charge in [-0.1, -0.05) is 12.1 Å². The molecule has 9 nitrogen and oxygen atoms in total. The van der Waals surface area contributed by atoms with Crippen molar-refractivity contribution >= 4 is 43.7 Å². The normalized spacial score (nSPS) is 11.8. The molecule has 2 aromatic heterocycles. The molecule has 1 N–H and O–H groups in total. The topological polar surface area (TPSA) is 115 Å². The monoisotopic (exact) mass is 681 g/mol. The predicted octanol–water partition coefficient (Wildman–Crippen LogP) is 7.64. The zero-order valence-corrected chi connectivity index (χ0v) is 26.5. The maximum absolute atomic E-state index is 14.5. The molecule has 248 valence electrons. The smallest absolute Gasteiger partial charge is 0.255 e. The molecule has 6 aromatic rings. The van der Waals surface area contributed by atoms with Crippen LogP contribution in [-0.2, 0) is 10.0 Å². The summed E-state index contributed by atoms with van der Waals surface area (Å²) in [6.45, 7) is -0.573. The van der Waals surface area contributed by atoms with Crippen molar-refractivity contribution in [2.24, 2.45) is 0 Å². The molecule has 0 atom stereocenters. The molecule has 0 bridgehead atoms. The first-order valence-corrected chi connectivity index (χ1v) is 16.3. The Balaban J connectivity index is 1.66. The Labute approximate surface area is 271 Å². The second-order valence-corrected chi connectivity index (χ2v) is 12.7. The van der Waals surface area contributed by atoms with E-state index in [-0.39, 0.29) is 56.1 Å². The number of methoxy groups -OCH3 is 1. The summed E-state index contributed by atoms with van der Waals surface area (Å²) in [7, 11) is -1.33. The van der Waals surface area contributed by atoms with Crippen molar-refractivity contribution in [2.75, 3.05) is 31.3 Å². The lowest BCUT2D eigenvalue weighted by Crippen LogP contribution is -2.32. The summed E-state index contributed by atoms with van der Waals surface area (Å²) in [6.07, 6.45) is -2.68. The number of carbonyl (C=O) groups is 1. The molecule has 2 heterocycles. The Bertz CT molecular complexity index is 2280. The molecule has 6 rings (SSSR count). The van der Waals surface area contributed by atoms with E-state index in [4.69, 9.17) is 13.6 Å². The number of aromatic nitrogens is 1. The number of carbonyl (C=O) groups excluding carboxylic acids is 1. The van der Waals surface area contributed by atoms with Gasteiger partial charge < -0.3 is 18.9 Å². The number of benzene rings is 4. The lowest BCUT2D eigenvalue weighted by atomic mass is 9.96. The van der Waals surface area contributed by atoms with Gasteiger partial charge in [0.05, 0.1) is 30.2 Å².